The van der Waals surface area contributed by atoms with E-state index in [1.54, 1.807) is 0 Å². The highest BCUT2D eigenvalue weighted by Crippen LogP contribution is 2.47. The summed E-state index contributed by atoms with van der Waals surface area (Å²) in [5.41, 5.74) is 18.7. The molecule has 512 valence electrons. The van der Waals surface area contributed by atoms with E-state index in [2.05, 4.69) is 327 Å². The van der Waals surface area contributed by atoms with Crippen molar-refractivity contribution in [3.63, 3.8) is 0 Å². The summed E-state index contributed by atoms with van der Waals surface area (Å²) in [6.07, 6.45) is -0.273. The van der Waals surface area contributed by atoms with Crippen molar-refractivity contribution in [3.05, 3.63) is 381 Å². The van der Waals surface area contributed by atoms with Crippen LogP contribution in [0.5, 0.6) is 0 Å². The SMILES string of the molecule is c1ccc(C2=NC(c3cccc(-c4cccc(-c5ccc6c(c5)sc5ccc(-c7ccc8c(c7)c7ccccc7c7c(-c9cccc(-c%10nc(-c%11ccccc%11)nc(-c%11ccc%12c(c%11)oc%11ccc(-c%13cccc%14c%15ccccc%15c%15ccccc%15c%13%14)cc%11%12)n%10)c9)cccc87)cc56)c4)c3)=NC(c3ccccc3)N2)cc1. The Hall–Kier alpha value is -14.3. The molecule has 1 atom stereocenters. The maximum Gasteiger partial charge on any atom is 0.164 e. The Bertz CT molecular complexity index is 7370. The van der Waals surface area contributed by atoms with E-state index in [1.807, 2.05) is 53.8 Å². The molecule has 4 heterocycles. The van der Waals surface area contributed by atoms with Gasteiger partial charge in [0.15, 0.2) is 23.3 Å². The third-order valence-corrected chi connectivity index (χ3v) is 23.3. The molecule has 0 bridgehead atoms. The van der Waals surface area contributed by atoms with Gasteiger partial charge in [0.25, 0.3) is 0 Å². The zero-order valence-corrected chi connectivity index (χ0v) is 60.1. The zero-order valence-electron chi connectivity index (χ0n) is 59.3. The minimum atomic E-state index is -0.273. The van der Waals surface area contributed by atoms with Crippen LogP contribution in [0.4, 0.5) is 0 Å². The smallest absolute Gasteiger partial charge is 0.164 e. The van der Waals surface area contributed by atoms with Crippen molar-refractivity contribution in [1.82, 2.24) is 20.3 Å². The Balaban J connectivity index is 0.575. The predicted octanol–water partition coefficient (Wildman–Crippen LogP) is 26.9. The van der Waals surface area contributed by atoms with E-state index in [-0.39, 0.29) is 6.17 Å². The average molecular weight is 1420 g/mol. The largest absolute Gasteiger partial charge is 0.456 e. The molecule has 18 aromatic carbocycles. The number of hydrogen-bond acceptors (Lipinski definition) is 8. The fourth-order valence-electron chi connectivity index (χ4n) is 16.9. The first kappa shape index (κ1) is 63.0. The lowest BCUT2D eigenvalue weighted by atomic mass is 9.88. The Labute approximate surface area is 636 Å². The number of furan rings is 1. The highest BCUT2D eigenvalue weighted by atomic mass is 32.1. The highest BCUT2D eigenvalue weighted by molar-refractivity contribution is 7.25. The Morgan fingerprint density at radius 2 is 0.655 bits per heavy atom. The van der Waals surface area contributed by atoms with E-state index < -0.39 is 0 Å². The van der Waals surface area contributed by atoms with Crippen LogP contribution in [-0.4, -0.2) is 26.6 Å². The lowest BCUT2D eigenvalue weighted by Gasteiger charge is -2.23. The summed E-state index contributed by atoms with van der Waals surface area (Å²) in [6.45, 7) is 0. The fraction of sp³-hybridized carbons (Fsp3) is 0.00980. The first-order valence-electron chi connectivity index (χ1n) is 37.3. The van der Waals surface area contributed by atoms with Gasteiger partial charge in [0, 0.05) is 58.8 Å². The van der Waals surface area contributed by atoms with Crippen LogP contribution in [0.2, 0.25) is 0 Å². The number of aliphatic imine (C=N–C) groups is 2. The number of fused-ring (bicyclic) bond motifs is 18. The van der Waals surface area contributed by atoms with Gasteiger partial charge in [-0.05, 0) is 193 Å². The number of amidine groups is 2. The van der Waals surface area contributed by atoms with Crippen LogP contribution < -0.4 is 5.32 Å². The van der Waals surface area contributed by atoms with Crippen LogP contribution in [0.1, 0.15) is 22.9 Å². The molecule has 0 aliphatic carbocycles. The van der Waals surface area contributed by atoms with Gasteiger partial charge in [0.05, 0.1) is 0 Å². The topological polar surface area (TPSA) is 88.6 Å². The molecule has 22 rings (SSSR count). The van der Waals surface area contributed by atoms with Crippen LogP contribution >= 0.6 is 11.3 Å². The van der Waals surface area contributed by atoms with Gasteiger partial charge in [0.2, 0.25) is 0 Å². The van der Waals surface area contributed by atoms with Crippen LogP contribution in [0, 0.1) is 0 Å². The number of nitrogens with zero attached hydrogens (tertiary/aromatic N) is 5. The third kappa shape index (κ3) is 10.7. The third-order valence-electron chi connectivity index (χ3n) is 22.1. The summed E-state index contributed by atoms with van der Waals surface area (Å²) in [7, 11) is 0. The number of nitrogens with one attached hydrogen (secondary N) is 1. The molecule has 3 aromatic heterocycles. The Kier molecular flexibility index (Phi) is 14.7. The fourth-order valence-corrected chi connectivity index (χ4v) is 18.0. The van der Waals surface area contributed by atoms with Crippen LogP contribution in [0.15, 0.2) is 378 Å². The van der Waals surface area contributed by atoms with Crippen LogP contribution in [0.3, 0.4) is 0 Å². The summed E-state index contributed by atoms with van der Waals surface area (Å²) in [5, 5.41) is 22.9. The van der Waals surface area contributed by atoms with Gasteiger partial charge >= 0.3 is 0 Å². The Morgan fingerprint density at radius 1 is 0.245 bits per heavy atom. The van der Waals surface area contributed by atoms with Crippen LogP contribution in [-0.2, 0) is 0 Å². The van der Waals surface area contributed by atoms with E-state index in [0.29, 0.717) is 23.3 Å². The predicted molar refractivity (Wildman–Crippen MR) is 460 cm³/mol. The van der Waals surface area contributed by atoms with Gasteiger partial charge in [-0.3, -0.25) is 0 Å². The van der Waals surface area contributed by atoms with Gasteiger partial charge in [-0.1, -0.05) is 297 Å². The van der Waals surface area contributed by atoms with E-state index >= 15 is 0 Å². The van der Waals surface area contributed by atoms with Crippen molar-refractivity contribution in [2.24, 2.45) is 9.98 Å². The molecular formula is C102H62N6OS. The first-order chi connectivity index (χ1) is 54.5. The summed E-state index contributed by atoms with van der Waals surface area (Å²) in [4.78, 5) is 26.0. The van der Waals surface area contributed by atoms with E-state index in [9.17, 15) is 0 Å². The molecule has 0 radical (unpaired) electrons. The Morgan fingerprint density at radius 3 is 1.31 bits per heavy atom. The molecule has 21 aromatic rings. The van der Waals surface area contributed by atoms with Gasteiger partial charge < -0.3 is 9.73 Å². The van der Waals surface area contributed by atoms with Gasteiger partial charge in [-0.25, -0.2) is 24.9 Å². The number of thiophene rings is 1. The summed E-state index contributed by atoms with van der Waals surface area (Å²) >= 11 is 1.85. The monoisotopic (exact) mass is 1420 g/mol. The van der Waals surface area contributed by atoms with Crippen molar-refractivity contribution in [2.45, 2.75) is 6.17 Å². The van der Waals surface area contributed by atoms with Gasteiger partial charge in [0.1, 0.15) is 23.2 Å². The lowest BCUT2D eigenvalue weighted by Crippen LogP contribution is -2.33. The molecule has 0 spiro atoms. The minimum Gasteiger partial charge on any atom is -0.456 e. The lowest BCUT2D eigenvalue weighted by molar-refractivity contribution is 0.669. The normalized spacial score (nSPS) is 13.2. The molecule has 0 saturated heterocycles. The van der Waals surface area contributed by atoms with Crippen molar-refractivity contribution in [2.75, 3.05) is 0 Å². The molecule has 1 unspecified atom stereocenters. The number of rotatable bonds is 11. The second kappa shape index (κ2) is 25.7. The molecule has 110 heavy (non-hydrogen) atoms. The van der Waals surface area contributed by atoms with Gasteiger partial charge in [-0.2, -0.15) is 0 Å². The standard InChI is InChI=1S/C102H62N6OS/c1-4-21-61(22-5-1)97-103-98(62-23-6-2-7-24-62)105-100(104-97)72-31-17-29-66(54-72)64-27-16-28-65(53-64)69-44-50-83-90-57-68(47-52-93(90)110-94(83)60-69)67-43-48-81-87-42-19-39-75(95(87)85-38-15-13-36-80(85)88(81)56-67)70-30-18-32-73(55-70)101-106-99(63-25-8-3-9-26-63)107-102(108-101)74-45-49-82-89-58-71(46-51-91(89)109-92(82)59-74)76-40-20-41-86-79-34-11-10-33-77(79)78-35-12-14-37-84(78)96(76)86/h1-60,97H,(H,103,104,105). The molecule has 1 N–H and O–H groups in total. The van der Waals surface area contributed by atoms with Crippen molar-refractivity contribution < 1.29 is 4.42 Å². The average Bonchev–Trinajstić information content (AvgIpc) is 0.851. The molecule has 0 amide bonds. The quantitative estimate of drug-likeness (QED) is 0.130. The zero-order chi connectivity index (χ0) is 72.3. The second-order valence-electron chi connectivity index (χ2n) is 28.6. The number of benzene rings is 18. The molecule has 0 saturated carbocycles. The highest BCUT2D eigenvalue weighted by Gasteiger charge is 2.24. The van der Waals surface area contributed by atoms with Crippen LogP contribution in [0.25, 0.3) is 197 Å². The van der Waals surface area contributed by atoms with E-state index in [0.717, 1.165) is 94.5 Å². The molecule has 7 nitrogen and oxygen atoms in total. The van der Waals surface area contributed by atoms with Gasteiger partial charge in [-0.15, -0.1) is 11.3 Å². The van der Waals surface area contributed by atoms with E-state index in [1.165, 1.54) is 107 Å². The molecule has 0 fully saturated rings. The summed E-state index contributed by atoms with van der Waals surface area (Å²) in [5.74, 6) is 3.23. The maximum absolute atomic E-state index is 6.73. The van der Waals surface area contributed by atoms with Crippen molar-refractivity contribution >= 4 is 130 Å². The molecule has 8 heteroatoms. The second-order valence-corrected chi connectivity index (χ2v) is 29.6. The molecular weight excluding hydrogens is 1360 g/mol. The molecule has 1 aliphatic rings. The summed E-state index contributed by atoms with van der Waals surface area (Å²) < 4.78 is 9.25. The van der Waals surface area contributed by atoms with Crippen molar-refractivity contribution in [1.29, 1.82) is 0 Å². The number of hydrogen-bond donors (Lipinski definition) is 1. The first-order valence-corrected chi connectivity index (χ1v) is 38.1. The van der Waals surface area contributed by atoms with Crippen molar-refractivity contribution in [3.8, 4) is 89.8 Å². The maximum atomic E-state index is 6.73. The minimum absolute atomic E-state index is 0.273. The summed E-state index contributed by atoms with van der Waals surface area (Å²) in [6, 6.07) is 131. The van der Waals surface area contributed by atoms with E-state index in [4.69, 9.17) is 29.4 Å². The molecule has 1 aliphatic heterocycles. The number of aromatic nitrogens is 3.